The van der Waals surface area contributed by atoms with Gasteiger partial charge in [-0.25, -0.2) is 4.79 Å². The van der Waals surface area contributed by atoms with Crippen molar-refractivity contribution >= 4 is 56.9 Å². The van der Waals surface area contributed by atoms with Crippen LogP contribution in [0.1, 0.15) is 33.1 Å². The number of amides is 3. The van der Waals surface area contributed by atoms with Gasteiger partial charge in [-0.3, -0.25) is 19.3 Å². The summed E-state index contributed by atoms with van der Waals surface area (Å²) in [4.78, 5) is 52.4. The van der Waals surface area contributed by atoms with Crippen LogP contribution in [0.3, 0.4) is 0 Å². The molecule has 9 heteroatoms. The summed E-state index contributed by atoms with van der Waals surface area (Å²) < 4.78 is 5.98. The maximum Gasteiger partial charge on any atom is 0.330 e. The molecule has 0 spiro atoms. The topological polar surface area (TPSA) is 92.8 Å². The van der Waals surface area contributed by atoms with Crippen molar-refractivity contribution in [2.75, 3.05) is 11.9 Å². The number of likely N-dealkylation sites (tertiary alicyclic amines) is 1. The fourth-order valence-corrected chi connectivity index (χ4v) is 6.10. The lowest BCUT2D eigenvalue weighted by Crippen LogP contribution is -2.50. The number of ether oxygens (including phenoxy) is 1. The Labute approximate surface area is 193 Å². The van der Waals surface area contributed by atoms with E-state index >= 15 is 0 Å². The van der Waals surface area contributed by atoms with Crippen molar-refractivity contribution in [1.29, 1.82) is 0 Å². The molecule has 31 heavy (non-hydrogen) atoms. The first kappa shape index (κ1) is 22.3. The smallest absolute Gasteiger partial charge is 0.330 e. The van der Waals surface area contributed by atoms with Gasteiger partial charge in [-0.15, -0.1) is 0 Å². The van der Waals surface area contributed by atoms with Gasteiger partial charge in [0.1, 0.15) is 6.04 Å². The summed E-state index contributed by atoms with van der Waals surface area (Å²) in [6.45, 7) is 2.98. The van der Waals surface area contributed by atoms with Crippen LogP contribution < -0.4 is 5.32 Å². The minimum Gasteiger partial charge on any atom is -0.454 e. The lowest BCUT2D eigenvalue weighted by molar-refractivity contribution is -0.162. The average Bonchev–Trinajstić information content (AvgIpc) is 3.38. The van der Waals surface area contributed by atoms with Crippen LogP contribution in [0.25, 0.3) is 0 Å². The van der Waals surface area contributed by atoms with Gasteiger partial charge in [-0.05, 0) is 55.2 Å². The lowest BCUT2D eigenvalue weighted by atomic mass is 9.81. The zero-order chi connectivity index (χ0) is 22.4. The van der Waals surface area contributed by atoms with Crippen molar-refractivity contribution in [2.24, 2.45) is 29.6 Å². The molecule has 0 radical (unpaired) electrons. The molecule has 5 atom stereocenters. The Bertz CT molecular complexity index is 924. The van der Waals surface area contributed by atoms with E-state index in [4.69, 9.17) is 16.3 Å². The molecule has 166 valence electrons. The summed E-state index contributed by atoms with van der Waals surface area (Å²) in [5.41, 5.74) is 0.388. The molecule has 2 saturated carbocycles. The highest BCUT2D eigenvalue weighted by Gasteiger charge is 2.62. The van der Waals surface area contributed by atoms with Gasteiger partial charge in [0.25, 0.3) is 5.91 Å². The molecule has 1 N–H and O–H groups in total. The third-order valence-electron chi connectivity index (χ3n) is 6.66. The van der Waals surface area contributed by atoms with Crippen LogP contribution >= 0.6 is 27.5 Å². The van der Waals surface area contributed by atoms with Gasteiger partial charge in [0, 0.05) is 4.47 Å². The molecule has 3 aliphatic rings. The quantitative estimate of drug-likeness (QED) is 0.465. The number of halogens is 2. The number of carbonyl (C=O) groups excluding carboxylic acids is 4. The van der Waals surface area contributed by atoms with E-state index in [9.17, 15) is 19.2 Å². The highest BCUT2D eigenvalue weighted by molar-refractivity contribution is 9.10. The standard InChI is InChI=1S/C22H24BrClN2O5/c1-10(2)19(26-20(28)17-11-3-4-12(7-11)18(17)21(26)29)22(30)31-9-16(27)25-15-6-5-13(23)8-14(15)24/h5-6,8,10-12,17-19H,3-4,7,9H2,1-2H3,(H,25,27)/t11-,12-,17-,18+,19-/m0/s1. The van der Waals surface area contributed by atoms with Gasteiger partial charge in [-0.1, -0.05) is 41.4 Å². The molecule has 2 aliphatic carbocycles. The monoisotopic (exact) mass is 510 g/mol. The van der Waals surface area contributed by atoms with Gasteiger partial charge in [0.15, 0.2) is 6.61 Å². The first-order valence-electron chi connectivity index (χ1n) is 10.5. The van der Waals surface area contributed by atoms with Crippen molar-refractivity contribution in [3.05, 3.63) is 27.7 Å². The van der Waals surface area contributed by atoms with E-state index in [1.54, 1.807) is 32.0 Å². The number of rotatable bonds is 6. The average molecular weight is 512 g/mol. The minimum absolute atomic E-state index is 0.238. The fourth-order valence-electron chi connectivity index (χ4n) is 5.38. The predicted octanol–water partition coefficient (Wildman–Crippen LogP) is 3.64. The van der Waals surface area contributed by atoms with E-state index in [0.29, 0.717) is 10.7 Å². The van der Waals surface area contributed by atoms with Crippen molar-refractivity contribution in [2.45, 2.75) is 39.2 Å². The molecule has 0 aromatic heterocycles. The number of nitrogens with one attached hydrogen (secondary N) is 1. The molecule has 4 rings (SSSR count). The Kier molecular flexibility index (Phi) is 6.14. The molecule has 1 saturated heterocycles. The predicted molar refractivity (Wildman–Crippen MR) is 117 cm³/mol. The van der Waals surface area contributed by atoms with Gasteiger partial charge in [-0.2, -0.15) is 0 Å². The van der Waals surface area contributed by atoms with E-state index in [1.165, 1.54) is 0 Å². The second-order valence-corrected chi connectivity index (χ2v) is 10.2. The summed E-state index contributed by atoms with van der Waals surface area (Å²) in [5, 5.41) is 2.92. The Morgan fingerprint density at radius 3 is 2.35 bits per heavy atom. The van der Waals surface area contributed by atoms with Crippen molar-refractivity contribution in [1.82, 2.24) is 4.90 Å². The molecule has 1 heterocycles. The highest BCUT2D eigenvalue weighted by Crippen LogP contribution is 2.56. The molecule has 7 nitrogen and oxygen atoms in total. The zero-order valence-electron chi connectivity index (χ0n) is 17.3. The highest BCUT2D eigenvalue weighted by atomic mass is 79.9. The fraction of sp³-hybridized carbons (Fsp3) is 0.545. The Balaban J connectivity index is 1.42. The molecule has 3 fully saturated rings. The Morgan fingerprint density at radius 1 is 1.19 bits per heavy atom. The van der Waals surface area contributed by atoms with Crippen molar-refractivity contribution in [3.63, 3.8) is 0 Å². The normalized spacial score (nSPS) is 27.6. The number of carbonyl (C=O) groups is 4. The largest absolute Gasteiger partial charge is 0.454 e. The molecular weight excluding hydrogens is 488 g/mol. The van der Waals surface area contributed by atoms with E-state index in [0.717, 1.165) is 28.6 Å². The maximum atomic E-state index is 13.1. The number of fused-ring (bicyclic) bond motifs is 5. The summed E-state index contributed by atoms with van der Waals surface area (Å²) in [5.74, 6) is -2.29. The molecule has 1 aromatic carbocycles. The van der Waals surface area contributed by atoms with Crippen LogP contribution in [-0.2, 0) is 23.9 Å². The van der Waals surface area contributed by atoms with Gasteiger partial charge in [0.05, 0.1) is 22.5 Å². The number of esters is 1. The van der Waals surface area contributed by atoms with Crippen LogP contribution in [-0.4, -0.2) is 41.2 Å². The summed E-state index contributed by atoms with van der Waals surface area (Å²) in [7, 11) is 0. The van der Waals surface area contributed by atoms with E-state index < -0.39 is 24.5 Å². The van der Waals surface area contributed by atoms with Crippen molar-refractivity contribution in [3.8, 4) is 0 Å². The van der Waals surface area contributed by atoms with Crippen LogP contribution in [0.4, 0.5) is 5.69 Å². The molecule has 2 bridgehead atoms. The number of hydrogen-bond acceptors (Lipinski definition) is 5. The first-order valence-corrected chi connectivity index (χ1v) is 11.6. The van der Waals surface area contributed by atoms with Gasteiger partial charge < -0.3 is 10.1 Å². The Morgan fingerprint density at radius 2 is 1.81 bits per heavy atom. The number of anilines is 1. The number of hydrogen-bond donors (Lipinski definition) is 1. The summed E-state index contributed by atoms with van der Waals surface area (Å²) >= 11 is 9.37. The molecule has 1 aliphatic heterocycles. The van der Waals surface area contributed by atoms with Crippen molar-refractivity contribution < 1.29 is 23.9 Å². The molecule has 1 aromatic rings. The van der Waals surface area contributed by atoms with Gasteiger partial charge >= 0.3 is 5.97 Å². The number of imide groups is 1. The maximum absolute atomic E-state index is 13.1. The number of nitrogens with zero attached hydrogens (tertiary/aromatic N) is 1. The number of benzene rings is 1. The van der Waals surface area contributed by atoms with Gasteiger partial charge in [0.2, 0.25) is 11.8 Å². The van der Waals surface area contributed by atoms with Crippen LogP contribution in [0, 0.1) is 29.6 Å². The van der Waals surface area contributed by atoms with Crippen LogP contribution in [0.15, 0.2) is 22.7 Å². The third kappa shape index (κ3) is 4.00. The van der Waals surface area contributed by atoms with Crippen LogP contribution in [0.5, 0.6) is 0 Å². The first-order chi connectivity index (χ1) is 14.7. The van der Waals surface area contributed by atoms with E-state index in [2.05, 4.69) is 21.2 Å². The summed E-state index contributed by atoms with van der Waals surface area (Å²) in [6, 6.07) is 3.94. The molecular formula is C22H24BrClN2O5. The third-order valence-corrected chi connectivity index (χ3v) is 7.47. The summed E-state index contributed by atoms with van der Waals surface area (Å²) in [6.07, 6.45) is 2.86. The molecule has 0 unspecified atom stereocenters. The van der Waals surface area contributed by atoms with Crippen LogP contribution in [0.2, 0.25) is 5.02 Å². The second-order valence-electron chi connectivity index (χ2n) is 8.90. The minimum atomic E-state index is -1.03. The Hall–Kier alpha value is -1.93. The molecule has 3 amide bonds. The SMILES string of the molecule is CC(C)[C@@H](C(=O)OCC(=O)Nc1ccc(Br)cc1Cl)N1C(=O)[C@@H]2[C@H]3CC[C@@H](C3)[C@@H]2C1=O. The second kappa shape index (κ2) is 8.54. The van der Waals surface area contributed by atoms with E-state index in [-0.39, 0.29) is 41.4 Å². The van der Waals surface area contributed by atoms with E-state index in [1.807, 2.05) is 0 Å². The zero-order valence-corrected chi connectivity index (χ0v) is 19.6. The lowest BCUT2D eigenvalue weighted by Gasteiger charge is -2.28.